The molecular weight excluding hydrogens is 264 g/mol. The monoisotopic (exact) mass is 300 g/mol. The maximum Gasteiger partial charge on any atom is 0.218 e. The number of carbonyl (C=O) groups excluding carboxylic acids is 1. The van der Waals surface area contributed by atoms with Gasteiger partial charge < -0.3 is 21.7 Å². The van der Waals surface area contributed by atoms with Gasteiger partial charge in [-0.05, 0) is 32.5 Å². The fourth-order valence-corrected chi connectivity index (χ4v) is 2.20. The Labute approximate surface area is 130 Å². The molecule has 0 aromatic carbocycles. The van der Waals surface area contributed by atoms with Gasteiger partial charge in [0.1, 0.15) is 0 Å². The van der Waals surface area contributed by atoms with Gasteiger partial charge >= 0.3 is 0 Å². The summed E-state index contributed by atoms with van der Waals surface area (Å²) in [7, 11) is 0. The molecule has 0 aromatic rings. The van der Waals surface area contributed by atoms with Crippen molar-refractivity contribution in [3.63, 3.8) is 0 Å². The number of hydrogen-bond acceptors (Lipinski definition) is 4. The van der Waals surface area contributed by atoms with Crippen LogP contribution in [0.25, 0.3) is 0 Å². The molecule has 0 atom stereocenters. The van der Waals surface area contributed by atoms with E-state index in [4.69, 9.17) is 5.73 Å². The summed E-state index contributed by atoms with van der Waals surface area (Å²) < 4.78 is 0. The highest BCUT2D eigenvalue weighted by Crippen LogP contribution is 2.06. The van der Waals surface area contributed by atoms with E-state index >= 15 is 0 Å². The zero-order valence-electron chi connectivity index (χ0n) is 13.9. The van der Waals surface area contributed by atoms with E-state index in [0.29, 0.717) is 6.42 Å². The normalized spacial score (nSPS) is 10.9. The van der Waals surface area contributed by atoms with Gasteiger partial charge in [0.15, 0.2) is 0 Å². The van der Waals surface area contributed by atoms with Crippen LogP contribution >= 0.6 is 0 Å². The molecule has 0 aromatic heterocycles. The predicted molar refractivity (Wildman–Crippen MR) is 90.4 cm³/mol. The van der Waals surface area contributed by atoms with Crippen LogP contribution in [0, 0.1) is 0 Å². The van der Waals surface area contributed by atoms with Gasteiger partial charge in [-0.15, -0.1) is 0 Å². The van der Waals surface area contributed by atoms with Gasteiger partial charge in [-0.3, -0.25) is 4.79 Å². The fraction of sp³-hybridized carbons (Fsp3) is 0.938. The molecule has 0 aliphatic carbocycles. The highest BCUT2D eigenvalue weighted by atomic mass is 16.1. The molecule has 126 valence electrons. The molecule has 1 amide bonds. The fourth-order valence-electron chi connectivity index (χ4n) is 2.20. The van der Waals surface area contributed by atoms with Crippen LogP contribution < -0.4 is 21.7 Å². The van der Waals surface area contributed by atoms with Crippen molar-refractivity contribution in [2.45, 2.75) is 58.3 Å². The van der Waals surface area contributed by atoms with Crippen molar-refractivity contribution in [1.82, 2.24) is 16.0 Å². The van der Waals surface area contributed by atoms with Crippen LogP contribution in [-0.2, 0) is 4.79 Å². The molecule has 0 fully saturated rings. The topological polar surface area (TPSA) is 79.2 Å². The standard InChI is InChI=1S/C16H36N4O/c1-2-18-14-15-20-12-9-7-5-3-4-6-8-11-19-13-10-16(17)21/h18-20H,2-15H2,1H3,(H2,17,21). The van der Waals surface area contributed by atoms with Crippen molar-refractivity contribution >= 4 is 5.91 Å². The van der Waals surface area contributed by atoms with Gasteiger partial charge in [-0.1, -0.05) is 39.0 Å². The highest BCUT2D eigenvalue weighted by molar-refractivity contribution is 5.73. The Hall–Kier alpha value is -0.650. The van der Waals surface area contributed by atoms with E-state index in [1.54, 1.807) is 0 Å². The molecule has 0 saturated heterocycles. The van der Waals surface area contributed by atoms with Crippen LogP contribution in [0.1, 0.15) is 58.3 Å². The summed E-state index contributed by atoms with van der Waals surface area (Å²) in [4.78, 5) is 10.5. The third-order valence-electron chi connectivity index (χ3n) is 3.48. The zero-order chi connectivity index (χ0) is 15.6. The Morgan fingerprint density at radius 2 is 1.19 bits per heavy atom. The molecule has 0 spiro atoms. The maximum absolute atomic E-state index is 10.5. The predicted octanol–water partition coefficient (Wildman–Crippen LogP) is 1.38. The van der Waals surface area contributed by atoms with Crippen LogP contribution in [0.3, 0.4) is 0 Å². The van der Waals surface area contributed by atoms with Crippen molar-refractivity contribution in [2.75, 3.05) is 39.3 Å². The summed E-state index contributed by atoms with van der Waals surface area (Å²) in [5.41, 5.74) is 5.07. The van der Waals surface area contributed by atoms with E-state index in [2.05, 4.69) is 22.9 Å². The van der Waals surface area contributed by atoms with Crippen LogP contribution in [0.15, 0.2) is 0 Å². The minimum atomic E-state index is -0.224. The lowest BCUT2D eigenvalue weighted by Gasteiger charge is -2.05. The minimum absolute atomic E-state index is 0.224. The second-order valence-electron chi connectivity index (χ2n) is 5.54. The Bertz CT molecular complexity index is 224. The average molecular weight is 300 g/mol. The number of nitrogens with one attached hydrogen (secondary N) is 3. The summed E-state index contributed by atoms with van der Waals surface area (Å²) in [6.07, 6.45) is 9.58. The minimum Gasteiger partial charge on any atom is -0.370 e. The number of hydrogen-bond donors (Lipinski definition) is 4. The number of unbranched alkanes of at least 4 members (excludes halogenated alkanes) is 6. The van der Waals surface area contributed by atoms with E-state index < -0.39 is 0 Å². The molecule has 0 rings (SSSR count). The Kier molecular flexibility index (Phi) is 16.9. The Morgan fingerprint density at radius 1 is 0.714 bits per heavy atom. The molecule has 0 aliphatic rings. The van der Waals surface area contributed by atoms with Gasteiger partial charge in [0, 0.05) is 26.1 Å². The number of carbonyl (C=O) groups is 1. The molecule has 0 radical (unpaired) electrons. The van der Waals surface area contributed by atoms with Gasteiger partial charge in [0.2, 0.25) is 5.91 Å². The molecule has 0 unspecified atom stereocenters. The largest absolute Gasteiger partial charge is 0.370 e. The number of rotatable bonds is 17. The lowest BCUT2D eigenvalue weighted by Crippen LogP contribution is -2.27. The van der Waals surface area contributed by atoms with Gasteiger partial charge in [0.05, 0.1) is 0 Å². The molecule has 21 heavy (non-hydrogen) atoms. The van der Waals surface area contributed by atoms with Crippen molar-refractivity contribution in [3.05, 3.63) is 0 Å². The third kappa shape index (κ3) is 19.4. The Balaban J connectivity index is 2.95. The number of amides is 1. The smallest absolute Gasteiger partial charge is 0.218 e. The first-order chi connectivity index (χ1) is 10.3. The quantitative estimate of drug-likeness (QED) is 0.306. The zero-order valence-corrected chi connectivity index (χ0v) is 13.9. The second kappa shape index (κ2) is 17.4. The summed E-state index contributed by atoms with van der Waals surface area (Å²) in [6.45, 7) is 8.22. The van der Waals surface area contributed by atoms with Crippen LogP contribution in [-0.4, -0.2) is 45.2 Å². The molecule has 0 aliphatic heterocycles. The van der Waals surface area contributed by atoms with Crippen LogP contribution in [0.5, 0.6) is 0 Å². The third-order valence-corrected chi connectivity index (χ3v) is 3.48. The summed E-state index contributed by atoms with van der Waals surface area (Å²) in [5.74, 6) is -0.224. The SMILES string of the molecule is CCNCCNCCCCCCCCCNCCC(N)=O. The maximum atomic E-state index is 10.5. The lowest BCUT2D eigenvalue weighted by atomic mass is 10.1. The van der Waals surface area contributed by atoms with Crippen molar-refractivity contribution in [1.29, 1.82) is 0 Å². The molecule has 5 nitrogen and oxygen atoms in total. The number of likely N-dealkylation sites (N-methyl/N-ethyl adjacent to an activating group) is 1. The summed E-state index contributed by atoms with van der Waals surface area (Å²) >= 11 is 0. The average Bonchev–Trinajstić information content (AvgIpc) is 2.46. The second-order valence-corrected chi connectivity index (χ2v) is 5.54. The van der Waals surface area contributed by atoms with Crippen LogP contribution in [0.4, 0.5) is 0 Å². The first-order valence-corrected chi connectivity index (χ1v) is 8.67. The van der Waals surface area contributed by atoms with E-state index in [1.165, 1.54) is 44.9 Å². The van der Waals surface area contributed by atoms with E-state index in [1.807, 2.05) is 0 Å². The van der Waals surface area contributed by atoms with E-state index in [9.17, 15) is 4.79 Å². The molecule has 0 heterocycles. The van der Waals surface area contributed by atoms with E-state index in [-0.39, 0.29) is 5.91 Å². The van der Waals surface area contributed by atoms with Gasteiger partial charge in [0.25, 0.3) is 0 Å². The van der Waals surface area contributed by atoms with Crippen molar-refractivity contribution < 1.29 is 4.79 Å². The molecule has 5 heteroatoms. The summed E-state index contributed by atoms with van der Waals surface area (Å²) in [5, 5.41) is 10.0. The first kappa shape index (κ1) is 20.3. The first-order valence-electron chi connectivity index (χ1n) is 8.67. The Morgan fingerprint density at radius 3 is 1.71 bits per heavy atom. The number of nitrogens with two attached hydrogens (primary N) is 1. The highest BCUT2D eigenvalue weighted by Gasteiger charge is 1.94. The molecule has 5 N–H and O–H groups in total. The molecule has 0 bridgehead atoms. The number of primary amides is 1. The van der Waals surface area contributed by atoms with Crippen molar-refractivity contribution in [2.24, 2.45) is 5.73 Å². The van der Waals surface area contributed by atoms with Crippen LogP contribution in [0.2, 0.25) is 0 Å². The molecular formula is C16H36N4O. The van der Waals surface area contributed by atoms with Gasteiger partial charge in [-0.25, -0.2) is 0 Å². The molecule has 0 saturated carbocycles. The van der Waals surface area contributed by atoms with E-state index in [0.717, 1.165) is 39.3 Å². The summed E-state index contributed by atoms with van der Waals surface area (Å²) in [6, 6.07) is 0. The van der Waals surface area contributed by atoms with Gasteiger partial charge in [-0.2, -0.15) is 0 Å². The lowest BCUT2D eigenvalue weighted by molar-refractivity contribution is -0.117. The van der Waals surface area contributed by atoms with Crippen molar-refractivity contribution in [3.8, 4) is 0 Å².